The molecule has 2 N–H and O–H groups in total. The first-order valence-corrected chi connectivity index (χ1v) is 7.28. The molecule has 114 valence electrons. The van der Waals surface area contributed by atoms with Crippen molar-refractivity contribution >= 4 is 17.8 Å². The predicted molar refractivity (Wildman–Crippen MR) is 81.1 cm³/mol. The van der Waals surface area contributed by atoms with Crippen LogP contribution in [-0.4, -0.2) is 41.0 Å². The molecule has 0 saturated carbocycles. The predicted octanol–water partition coefficient (Wildman–Crippen LogP) is 1.83. The highest BCUT2D eigenvalue weighted by Gasteiger charge is 2.26. The highest BCUT2D eigenvalue weighted by Crippen LogP contribution is 2.12. The molecule has 1 aliphatic rings. The summed E-state index contributed by atoms with van der Waals surface area (Å²) in [5.74, 6) is 0.681. The Kier molecular flexibility index (Phi) is 4.77. The lowest BCUT2D eigenvalue weighted by molar-refractivity contribution is -0.129. The molecule has 0 spiro atoms. The Morgan fingerprint density at radius 2 is 2.14 bits per heavy atom. The minimum Gasteiger partial charge on any atom is -0.341 e. The summed E-state index contributed by atoms with van der Waals surface area (Å²) in [4.78, 5) is 29.6. The van der Waals surface area contributed by atoms with E-state index in [1.807, 2.05) is 32.9 Å². The highest BCUT2D eigenvalue weighted by molar-refractivity contribution is 5.88. The normalized spacial score (nSPS) is 17.7. The number of urea groups is 1. The van der Waals surface area contributed by atoms with Crippen molar-refractivity contribution in [1.82, 2.24) is 15.2 Å². The largest absolute Gasteiger partial charge is 0.341 e. The first-order chi connectivity index (χ1) is 9.97. The number of amides is 3. The number of hydrogen-bond acceptors (Lipinski definition) is 3. The third-order valence-corrected chi connectivity index (χ3v) is 3.52. The highest BCUT2D eigenvalue weighted by atomic mass is 16.2. The van der Waals surface area contributed by atoms with Gasteiger partial charge in [-0.05, 0) is 38.0 Å². The smallest absolute Gasteiger partial charge is 0.320 e. The molecule has 6 nitrogen and oxygen atoms in total. The quantitative estimate of drug-likeness (QED) is 0.892. The van der Waals surface area contributed by atoms with E-state index in [0.29, 0.717) is 25.3 Å². The Morgan fingerprint density at radius 1 is 1.38 bits per heavy atom. The zero-order valence-corrected chi connectivity index (χ0v) is 12.8. The van der Waals surface area contributed by atoms with Gasteiger partial charge in [-0.3, -0.25) is 10.1 Å². The van der Waals surface area contributed by atoms with Crippen LogP contribution in [0.2, 0.25) is 0 Å². The first kappa shape index (κ1) is 15.3. The lowest BCUT2D eigenvalue weighted by Crippen LogP contribution is -2.40. The summed E-state index contributed by atoms with van der Waals surface area (Å²) in [6.07, 6.45) is 1.30. The van der Waals surface area contributed by atoms with Crippen LogP contribution in [0.1, 0.15) is 31.0 Å². The van der Waals surface area contributed by atoms with Crippen molar-refractivity contribution in [2.75, 3.05) is 18.4 Å². The standard InChI is InChI=1S/C15H22N4O2/c1-4-14(20)19-6-5-12(9-19)17-15(21)18-13-8-10(2)7-11(3)16-13/h7-8,12H,4-6,9H2,1-3H3,(H2,16,17,18,21)/t12-/m1/s1. The number of likely N-dealkylation sites (tertiary alicyclic amines) is 1. The summed E-state index contributed by atoms with van der Waals surface area (Å²) >= 11 is 0. The van der Waals surface area contributed by atoms with Crippen molar-refractivity contribution in [2.24, 2.45) is 0 Å². The molecule has 0 bridgehead atoms. The van der Waals surface area contributed by atoms with Crippen LogP contribution in [0, 0.1) is 13.8 Å². The molecule has 1 saturated heterocycles. The van der Waals surface area contributed by atoms with Gasteiger partial charge < -0.3 is 10.2 Å². The number of hydrogen-bond donors (Lipinski definition) is 2. The maximum Gasteiger partial charge on any atom is 0.320 e. The number of carbonyl (C=O) groups is 2. The molecule has 21 heavy (non-hydrogen) atoms. The molecule has 0 aliphatic carbocycles. The molecule has 0 radical (unpaired) electrons. The third kappa shape index (κ3) is 4.18. The fourth-order valence-corrected chi connectivity index (χ4v) is 2.57. The van der Waals surface area contributed by atoms with E-state index in [9.17, 15) is 9.59 Å². The zero-order chi connectivity index (χ0) is 15.4. The molecular weight excluding hydrogens is 268 g/mol. The zero-order valence-electron chi connectivity index (χ0n) is 12.8. The van der Waals surface area contributed by atoms with Crippen LogP contribution in [0.25, 0.3) is 0 Å². The summed E-state index contributed by atoms with van der Waals surface area (Å²) in [6, 6.07) is 3.51. The molecule has 1 atom stereocenters. The minimum atomic E-state index is -0.275. The molecule has 1 aliphatic heterocycles. The third-order valence-electron chi connectivity index (χ3n) is 3.52. The molecular formula is C15H22N4O2. The van der Waals surface area contributed by atoms with Crippen LogP contribution >= 0.6 is 0 Å². The average molecular weight is 290 g/mol. The molecule has 1 aromatic rings. The van der Waals surface area contributed by atoms with Crippen molar-refractivity contribution < 1.29 is 9.59 Å². The van der Waals surface area contributed by atoms with Gasteiger partial charge in [0.2, 0.25) is 5.91 Å². The Labute approximate surface area is 124 Å². The number of aryl methyl sites for hydroxylation is 2. The second-order valence-corrected chi connectivity index (χ2v) is 5.45. The summed E-state index contributed by atoms with van der Waals surface area (Å²) in [5, 5.41) is 5.64. The van der Waals surface area contributed by atoms with Crippen LogP contribution in [-0.2, 0) is 4.79 Å². The molecule has 0 aromatic carbocycles. The van der Waals surface area contributed by atoms with Crippen LogP contribution in [0.5, 0.6) is 0 Å². The fraction of sp³-hybridized carbons (Fsp3) is 0.533. The van der Waals surface area contributed by atoms with Crippen LogP contribution in [0.4, 0.5) is 10.6 Å². The number of rotatable bonds is 3. The summed E-state index contributed by atoms with van der Waals surface area (Å²) in [7, 11) is 0. The number of nitrogens with zero attached hydrogens (tertiary/aromatic N) is 2. The fourth-order valence-electron chi connectivity index (χ4n) is 2.57. The van der Waals surface area contributed by atoms with Gasteiger partial charge in [0.1, 0.15) is 5.82 Å². The molecule has 2 rings (SSSR count). The van der Waals surface area contributed by atoms with Gasteiger partial charge in [-0.2, -0.15) is 0 Å². The van der Waals surface area contributed by atoms with E-state index >= 15 is 0 Å². The molecule has 1 fully saturated rings. The van der Waals surface area contributed by atoms with E-state index < -0.39 is 0 Å². The molecule has 2 heterocycles. The number of anilines is 1. The van der Waals surface area contributed by atoms with Gasteiger partial charge in [-0.25, -0.2) is 9.78 Å². The minimum absolute atomic E-state index is 0.00593. The van der Waals surface area contributed by atoms with E-state index in [-0.39, 0.29) is 18.0 Å². The molecule has 1 aromatic heterocycles. The van der Waals surface area contributed by atoms with E-state index in [2.05, 4.69) is 15.6 Å². The van der Waals surface area contributed by atoms with Crippen molar-refractivity contribution in [3.05, 3.63) is 23.4 Å². The molecule has 6 heteroatoms. The van der Waals surface area contributed by atoms with Crippen LogP contribution in [0.15, 0.2) is 12.1 Å². The lowest BCUT2D eigenvalue weighted by Gasteiger charge is -2.16. The van der Waals surface area contributed by atoms with Gasteiger partial charge in [0.25, 0.3) is 0 Å². The second kappa shape index (κ2) is 6.56. The SMILES string of the molecule is CCC(=O)N1CC[C@@H](NC(=O)Nc2cc(C)cc(C)n2)C1. The van der Waals surface area contributed by atoms with Crippen molar-refractivity contribution in [2.45, 2.75) is 39.7 Å². The Bertz CT molecular complexity index is 524. The van der Waals surface area contributed by atoms with Crippen LogP contribution in [0.3, 0.4) is 0 Å². The maximum absolute atomic E-state index is 12.0. The van der Waals surface area contributed by atoms with Gasteiger partial charge in [0, 0.05) is 31.2 Å². The van der Waals surface area contributed by atoms with E-state index in [0.717, 1.165) is 17.7 Å². The summed E-state index contributed by atoms with van der Waals surface area (Å²) in [6.45, 7) is 6.99. The van der Waals surface area contributed by atoms with Crippen molar-refractivity contribution in [3.8, 4) is 0 Å². The van der Waals surface area contributed by atoms with Crippen molar-refractivity contribution in [3.63, 3.8) is 0 Å². The number of pyridine rings is 1. The van der Waals surface area contributed by atoms with Gasteiger partial charge in [-0.1, -0.05) is 6.92 Å². The lowest BCUT2D eigenvalue weighted by atomic mass is 10.2. The first-order valence-electron chi connectivity index (χ1n) is 7.28. The van der Waals surface area contributed by atoms with E-state index in [4.69, 9.17) is 0 Å². The topological polar surface area (TPSA) is 74.3 Å². The Hall–Kier alpha value is -2.11. The summed E-state index contributed by atoms with van der Waals surface area (Å²) in [5.41, 5.74) is 1.92. The van der Waals surface area contributed by atoms with Crippen molar-refractivity contribution in [1.29, 1.82) is 0 Å². The van der Waals surface area contributed by atoms with E-state index in [1.54, 1.807) is 4.90 Å². The summed E-state index contributed by atoms with van der Waals surface area (Å²) < 4.78 is 0. The van der Waals surface area contributed by atoms with Crippen LogP contribution < -0.4 is 10.6 Å². The Morgan fingerprint density at radius 3 is 2.81 bits per heavy atom. The number of carbonyl (C=O) groups excluding carboxylic acids is 2. The Balaban J connectivity index is 1.86. The monoisotopic (exact) mass is 290 g/mol. The number of aromatic nitrogens is 1. The van der Waals surface area contributed by atoms with Gasteiger partial charge in [0.15, 0.2) is 0 Å². The van der Waals surface area contributed by atoms with Gasteiger partial charge in [0.05, 0.1) is 0 Å². The van der Waals surface area contributed by atoms with Gasteiger partial charge >= 0.3 is 6.03 Å². The molecule has 0 unspecified atom stereocenters. The maximum atomic E-state index is 12.0. The number of nitrogens with one attached hydrogen (secondary N) is 2. The van der Waals surface area contributed by atoms with Gasteiger partial charge in [-0.15, -0.1) is 0 Å². The molecule has 3 amide bonds. The second-order valence-electron chi connectivity index (χ2n) is 5.45. The average Bonchev–Trinajstić information content (AvgIpc) is 2.84. The van der Waals surface area contributed by atoms with E-state index in [1.165, 1.54) is 0 Å².